The third-order valence-corrected chi connectivity index (χ3v) is 5.25. The summed E-state index contributed by atoms with van der Waals surface area (Å²) in [5.41, 5.74) is 4.16. The fourth-order valence-corrected chi connectivity index (χ4v) is 4.02. The molecule has 1 heterocycles. The molecule has 0 radical (unpaired) electrons. The van der Waals surface area contributed by atoms with Gasteiger partial charge in [-0.05, 0) is 53.8 Å². The summed E-state index contributed by atoms with van der Waals surface area (Å²) in [6, 6.07) is 13.9. The Kier molecular flexibility index (Phi) is 3.81. The van der Waals surface area contributed by atoms with Gasteiger partial charge in [0.1, 0.15) is 0 Å². The van der Waals surface area contributed by atoms with Crippen molar-refractivity contribution in [3.05, 3.63) is 76.3 Å². The minimum absolute atomic E-state index is 0.213. The highest BCUT2D eigenvalue weighted by molar-refractivity contribution is 6.30. The molecule has 3 unspecified atom stereocenters. The first kappa shape index (κ1) is 15.3. The van der Waals surface area contributed by atoms with Crippen LogP contribution in [0.25, 0.3) is 0 Å². The van der Waals surface area contributed by atoms with Crippen LogP contribution in [-0.4, -0.2) is 13.1 Å². The van der Waals surface area contributed by atoms with Gasteiger partial charge in [-0.15, -0.1) is 0 Å². The third-order valence-electron chi connectivity index (χ3n) is 5.02. The number of esters is 1. The van der Waals surface area contributed by atoms with Crippen LogP contribution in [-0.2, 0) is 4.74 Å². The Morgan fingerprint density at radius 3 is 2.75 bits per heavy atom. The van der Waals surface area contributed by atoms with E-state index in [2.05, 4.69) is 29.6 Å². The van der Waals surface area contributed by atoms with Gasteiger partial charge in [0.25, 0.3) is 0 Å². The second-order valence-electron chi connectivity index (χ2n) is 6.32. The van der Waals surface area contributed by atoms with Gasteiger partial charge in [-0.1, -0.05) is 35.9 Å². The zero-order valence-corrected chi connectivity index (χ0v) is 14.1. The monoisotopic (exact) mass is 339 g/mol. The van der Waals surface area contributed by atoms with Crippen LogP contribution in [0.15, 0.2) is 54.6 Å². The first-order valence-corrected chi connectivity index (χ1v) is 8.46. The molecule has 0 amide bonds. The van der Waals surface area contributed by atoms with Crippen molar-refractivity contribution in [1.29, 1.82) is 0 Å². The number of allylic oxidation sites excluding steroid dienone is 2. The summed E-state index contributed by atoms with van der Waals surface area (Å²) in [5, 5.41) is 4.43. The lowest BCUT2D eigenvalue weighted by Gasteiger charge is -2.37. The van der Waals surface area contributed by atoms with Crippen LogP contribution < -0.4 is 5.32 Å². The van der Waals surface area contributed by atoms with Crippen molar-refractivity contribution in [3.63, 3.8) is 0 Å². The topological polar surface area (TPSA) is 38.3 Å². The highest BCUT2D eigenvalue weighted by Gasteiger charge is 2.37. The van der Waals surface area contributed by atoms with E-state index < -0.39 is 0 Å². The van der Waals surface area contributed by atoms with Gasteiger partial charge in [-0.2, -0.15) is 0 Å². The fraction of sp³-hybridized carbons (Fsp3) is 0.250. The molecule has 4 heteroatoms. The molecule has 24 heavy (non-hydrogen) atoms. The standard InChI is InChI=1S/C20H18ClNO2/c1-24-20(23)13-7-5-12(6-8-13)19-16-4-2-3-15(16)17-11-14(21)9-10-18(17)22-19/h2-3,5-11,15-16,19,22H,4H2,1H3. The highest BCUT2D eigenvalue weighted by atomic mass is 35.5. The molecular formula is C20H18ClNO2. The summed E-state index contributed by atoms with van der Waals surface area (Å²) in [4.78, 5) is 11.6. The lowest BCUT2D eigenvalue weighted by molar-refractivity contribution is 0.0600. The van der Waals surface area contributed by atoms with Gasteiger partial charge in [0.05, 0.1) is 18.7 Å². The highest BCUT2D eigenvalue weighted by Crippen LogP contribution is 2.50. The Labute approximate surface area is 146 Å². The maximum absolute atomic E-state index is 11.6. The van der Waals surface area contributed by atoms with Crippen LogP contribution in [0, 0.1) is 5.92 Å². The predicted octanol–water partition coefficient (Wildman–Crippen LogP) is 4.95. The number of halogens is 1. The summed E-state index contributed by atoms with van der Waals surface area (Å²) in [6.07, 6.45) is 5.58. The summed E-state index contributed by atoms with van der Waals surface area (Å²) in [5.74, 6) is 0.531. The SMILES string of the molecule is COC(=O)c1ccc(C2Nc3ccc(Cl)cc3C3C=CCC32)cc1. The van der Waals surface area contributed by atoms with Crippen molar-refractivity contribution in [3.8, 4) is 0 Å². The number of ether oxygens (including phenoxy) is 1. The van der Waals surface area contributed by atoms with Crippen LogP contribution in [0.1, 0.15) is 39.9 Å². The lowest BCUT2D eigenvalue weighted by atomic mass is 9.77. The first-order valence-electron chi connectivity index (χ1n) is 8.08. The summed E-state index contributed by atoms with van der Waals surface area (Å²) < 4.78 is 4.77. The number of carbonyl (C=O) groups is 1. The molecule has 0 bridgehead atoms. The van der Waals surface area contributed by atoms with Gasteiger partial charge in [0.2, 0.25) is 0 Å². The number of rotatable bonds is 2. The molecule has 1 aliphatic heterocycles. The molecule has 3 atom stereocenters. The normalized spacial score (nSPS) is 24.0. The smallest absolute Gasteiger partial charge is 0.337 e. The van der Waals surface area contributed by atoms with E-state index in [1.54, 1.807) is 0 Å². The number of carbonyl (C=O) groups excluding carboxylic acids is 1. The largest absolute Gasteiger partial charge is 0.465 e. The maximum atomic E-state index is 11.6. The molecule has 0 saturated heterocycles. The minimum Gasteiger partial charge on any atom is -0.465 e. The van der Waals surface area contributed by atoms with Crippen molar-refractivity contribution < 1.29 is 9.53 Å². The number of hydrogen-bond acceptors (Lipinski definition) is 3. The molecule has 1 N–H and O–H groups in total. The van der Waals surface area contributed by atoms with Gasteiger partial charge in [0, 0.05) is 16.6 Å². The number of fused-ring (bicyclic) bond motifs is 3. The van der Waals surface area contributed by atoms with E-state index in [9.17, 15) is 4.79 Å². The van der Waals surface area contributed by atoms with Gasteiger partial charge in [0.15, 0.2) is 0 Å². The Morgan fingerprint density at radius 2 is 2.00 bits per heavy atom. The number of methoxy groups -OCH3 is 1. The maximum Gasteiger partial charge on any atom is 0.337 e. The second-order valence-corrected chi connectivity index (χ2v) is 6.76. The van der Waals surface area contributed by atoms with Crippen LogP contribution in [0.4, 0.5) is 5.69 Å². The van der Waals surface area contributed by atoms with E-state index >= 15 is 0 Å². The minimum atomic E-state index is -0.307. The molecule has 0 fully saturated rings. The van der Waals surface area contributed by atoms with Crippen molar-refractivity contribution >= 4 is 23.3 Å². The zero-order chi connectivity index (χ0) is 16.7. The third kappa shape index (κ3) is 2.49. The van der Waals surface area contributed by atoms with Gasteiger partial charge < -0.3 is 10.1 Å². The zero-order valence-electron chi connectivity index (χ0n) is 13.3. The Balaban J connectivity index is 1.69. The molecule has 2 aliphatic rings. The molecule has 2 aromatic rings. The van der Waals surface area contributed by atoms with Gasteiger partial charge in [-0.3, -0.25) is 0 Å². The van der Waals surface area contributed by atoms with E-state index in [0.29, 0.717) is 17.4 Å². The molecule has 0 saturated carbocycles. The van der Waals surface area contributed by atoms with Crippen molar-refractivity contribution in [1.82, 2.24) is 0 Å². The number of benzene rings is 2. The Morgan fingerprint density at radius 1 is 1.21 bits per heavy atom. The van der Waals surface area contributed by atoms with E-state index in [4.69, 9.17) is 16.3 Å². The molecule has 2 aromatic carbocycles. The second kappa shape index (κ2) is 5.99. The van der Waals surface area contributed by atoms with E-state index in [-0.39, 0.29) is 12.0 Å². The summed E-state index contributed by atoms with van der Waals surface area (Å²) >= 11 is 6.19. The quantitative estimate of drug-likeness (QED) is 0.621. The number of hydrogen-bond donors (Lipinski definition) is 1. The molecule has 122 valence electrons. The Bertz CT molecular complexity index is 813. The van der Waals surface area contributed by atoms with Gasteiger partial charge >= 0.3 is 5.97 Å². The first-order chi connectivity index (χ1) is 11.7. The van der Waals surface area contributed by atoms with Crippen molar-refractivity contribution in [2.24, 2.45) is 5.92 Å². The lowest BCUT2D eigenvalue weighted by Crippen LogP contribution is -2.29. The molecular weight excluding hydrogens is 322 g/mol. The number of nitrogens with one attached hydrogen (secondary N) is 1. The summed E-state index contributed by atoms with van der Waals surface area (Å²) in [6.45, 7) is 0. The van der Waals surface area contributed by atoms with E-state index in [1.807, 2.05) is 30.3 Å². The molecule has 1 aliphatic carbocycles. The van der Waals surface area contributed by atoms with Crippen molar-refractivity contribution in [2.75, 3.05) is 12.4 Å². The summed E-state index contributed by atoms with van der Waals surface area (Å²) in [7, 11) is 1.40. The average molecular weight is 340 g/mol. The molecule has 4 rings (SSSR count). The predicted molar refractivity (Wildman–Crippen MR) is 95.6 cm³/mol. The van der Waals surface area contributed by atoms with Crippen LogP contribution in [0.5, 0.6) is 0 Å². The van der Waals surface area contributed by atoms with Crippen LogP contribution in [0.3, 0.4) is 0 Å². The molecule has 0 spiro atoms. The van der Waals surface area contributed by atoms with E-state index in [1.165, 1.54) is 18.2 Å². The molecule has 0 aromatic heterocycles. The Hall–Kier alpha value is -2.26. The molecule has 3 nitrogen and oxygen atoms in total. The van der Waals surface area contributed by atoms with Crippen LogP contribution >= 0.6 is 11.6 Å². The average Bonchev–Trinajstić information content (AvgIpc) is 3.11. The van der Waals surface area contributed by atoms with Crippen molar-refractivity contribution in [2.45, 2.75) is 18.4 Å². The van der Waals surface area contributed by atoms with Crippen LogP contribution in [0.2, 0.25) is 5.02 Å². The number of anilines is 1. The fourth-order valence-electron chi connectivity index (χ4n) is 3.84. The van der Waals surface area contributed by atoms with Gasteiger partial charge in [-0.25, -0.2) is 4.79 Å². The van der Waals surface area contributed by atoms with E-state index in [0.717, 1.165) is 17.1 Å².